The Bertz CT molecular complexity index is 262. The van der Waals surface area contributed by atoms with Crippen molar-refractivity contribution in [3.8, 4) is 0 Å². The fraction of sp³-hybridized carbons (Fsp3) is 0.222. The van der Waals surface area contributed by atoms with Crippen molar-refractivity contribution < 1.29 is 4.79 Å². The van der Waals surface area contributed by atoms with Crippen LogP contribution >= 0.6 is 0 Å². The van der Waals surface area contributed by atoms with Crippen molar-refractivity contribution in [3.63, 3.8) is 0 Å². The van der Waals surface area contributed by atoms with E-state index in [-0.39, 0.29) is 6.04 Å². The Balaban J connectivity index is 2.84. The Labute approximate surface area is 65.6 Å². The van der Waals surface area contributed by atoms with Crippen LogP contribution in [0.3, 0.4) is 0 Å². The smallest absolute Gasteiger partial charge is 0.211 e. The molecule has 0 N–H and O–H groups in total. The number of isocyanates is 1. The van der Waals surface area contributed by atoms with Crippen LogP contribution in [0.1, 0.15) is 18.5 Å². The van der Waals surface area contributed by atoms with Gasteiger partial charge in [0.05, 0.1) is 6.04 Å². The van der Waals surface area contributed by atoms with Crippen LogP contribution in [0, 0.1) is 0 Å². The lowest BCUT2D eigenvalue weighted by molar-refractivity contribution is 0.559. The minimum absolute atomic E-state index is 0.0753. The second kappa shape index (κ2) is 3.69. The first-order valence-corrected chi connectivity index (χ1v) is 3.46. The SMILES string of the molecule is CC(N=C=O)c1ccccc1. The standard InChI is InChI=1S/C9H9NO/c1-8(10-7-11)9-5-3-2-4-6-9/h2-6,8H,1H3. The number of aliphatic imine (C=N–C) groups is 1. The third kappa shape index (κ3) is 2.03. The summed E-state index contributed by atoms with van der Waals surface area (Å²) >= 11 is 0. The van der Waals surface area contributed by atoms with Gasteiger partial charge >= 0.3 is 0 Å². The van der Waals surface area contributed by atoms with Gasteiger partial charge in [0, 0.05) is 0 Å². The van der Waals surface area contributed by atoms with Gasteiger partial charge in [0.15, 0.2) is 0 Å². The predicted octanol–water partition coefficient (Wildman–Crippen LogP) is 2.08. The van der Waals surface area contributed by atoms with Crippen molar-refractivity contribution in [1.29, 1.82) is 0 Å². The third-order valence-corrected chi connectivity index (χ3v) is 1.53. The van der Waals surface area contributed by atoms with Gasteiger partial charge in [-0.05, 0) is 12.5 Å². The van der Waals surface area contributed by atoms with Crippen LogP contribution < -0.4 is 0 Å². The first-order chi connectivity index (χ1) is 5.34. The van der Waals surface area contributed by atoms with E-state index in [1.54, 1.807) is 6.08 Å². The third-order valence-electron chi connectivity index (χ3n) is 1.53. The van der Waals surface area contributed by atoms with E-state index in [1.165, 1.54) is 0 Å². The zero-order valence-electron chi connectivity index (χ0n) is 6.32. The molecule has 0 heterocycles. The molecule has 0 aromatic heterocycles. The molecule has 0 bridgehead atoms. The topological polar surface area (TPSA) is 29.4 Å². The Kier molecular flexibility index (Phi) is 2.59. The second-order valence-corrected chi connectivity index (χ2v) is 2.31. The number of benzene rings is 1. The lowest BCUT2D eigenvalue weighted by Gasteiger charge is -2.01. The van der Waals surface area contributed by atoms with Crippen LogP contribution in [0.2, 0.25) is 0 Å². The summed E-state index contributed by atoms with van der Waals surface area (Å²) in [7, 11) is 0. The van der Waals surface area contributed by atoms with Crippen LogP contribution in [-0.2, 0) is 4.79 Å². The fourth-order valence-electron chi connectivity index (χ4n) is 0.885. The Morgan fingerprint density at radius 2 is 2.00 bits per heavy atom. The first-order valence-electron chi connectivity index (χ1n) is 3.46. The number of hydrogen-bond donors (Lipinski definition) is 0. The fourth-order valence-corrected chi connectivity index (χ4v) is 0.885. The summed E-state index contributed by atoms with van der Waals surface area (Å²) in [6, 6.07) is 9.57. The van der Waals surface area contributed by atoms with Crippen molar-refractivity contribution in [2.75, 3.05) is 0 Å². The van der Waals surface area contributed by atoms with Gasteiger partial charge in [0.2, 0.25) is 6.08 Å². The van der Waals surface area contributed by atoms with Crippen molar-refractivity contribution in [2.45, 2.75) is 13.0 Å². The molecule has 0 saturated heterocycles. The van der Waals surface area contributed by atoms with Crippen molar-refractivity contribution >= 4 is 6.08 Å². The molecule has 0 fully saturated rings. The van der Waals surface area contributed by atoms with E-state index in [0.29, 0.717) is 0 Å². The summed E-state index contributed by atoms with van der Waals surface area (Å²) in [5, 5.41) is 0. The maximum Gasteiger partial charge on any atom is 0.235 e. The summed E-state index contributed by atoms with van der Waals surface area (Å²) < 4.78 is 0. The van der Waals surface area contributed by atoms with E-state index in [0.717, 1.165) is 5.56 Å². The second-order valence-electron chi connectivity index (χ2n) is 2.31. The summed E-state index contributed by atoms with van der Waals surface area (Å²) in [6.07, 6.45) is 1.54. The van der Waals surface area contributed by atoms with Gasteiger partial charge in [-0.15, -0.1) is 0 Å². The molecule has 1 atom stereocenters. The van der Waals surface area contributed by atoms with Gasteiger partial charge < -0.3 is 0 Å². The van der Waals surface area contributed by atoms with Gasteiger partial charge in [0.1, 0.15) is 0 Å². The zero-order chi connectivity index (χ0) is 8.10. The van der Waals surface area contributed by atoms with E-state index in [4.69, 9.17) is 0 Å². The average Bonchev–Trinajstić information content (AvgIpc) is 2.07. The predicted molar refractivity (Wildman–Crippen MR) is 43.0 cm³/mol. The summed E-state index contributed by atoms with van der Waals surface area (Å²) in [5.41, 5.74) is 1.04. The summed E-state index contributed by atoms with van der Waals surface area (Å²) in [6.45, 7) is 1.86. The van der Waals surface area contributed by atoms with Crippen molar-refractivity contribution in [2.24, 2.45) is 4.99 Å². The molecular weight excluding hydrogens is 138 g/mol. The average molecular weight is 147 g/mol. The molecule has 0 amide bonds. The lowest BCUT2D eigenvalue weighted by atomic mass is 10.1. The van der Waals surface area contributed by atoms with Crippen LogP contribution in [0.4, 0.5) is 0 Å². The maximum atomic E-state index is 9.90. The monoisotopic (exact) mass is 147 g/mol. The van der Waals surface area contributed by atoms with Crippen molar-refractivity contribution in [3.05, 3.63) is 35.9 Å². The molecule has 1 aromatic carbocycles. The van der Waals surface area contributed by atoms with Gasteiger partial charge in [-0.2, -0.15) is 4.99 Å². The molecule has 0 spiro atoms. The van der Waals surface area contributed by atoms with E-state index in [2.05, 4.69) is 4.99 Å². The highest BCUT2D eigenvalue weighted by atomic mass is 16.1. The number of rotatable bonds is 2. The van der Waals surface area contributed by atoms with E-state index in [9.17, 15) is 4.79 Å². The summed E-state index contributed by atoms with van der Waals surface area (Å²) in [5.74, 6) is 0. The number of hydrogen-bond acceptors (Lipinski definition) is 2. The molecule has 1 unspecified atom stereocenters. The quantitative estimate of drug-likeness (QED) is 0.465. The Hall–Kier alpha value is -1.40. The first kappa shape index (κ1) is 7.70. The van der Waals surface area contributed by atoms with Crippen LogP contribution in [0.25, 0.3) is 0 Å². The molecular formula is C9H9NO. The normalized spacial score (nSPS) is 11.7. The van der Waals surface area contributed by atoms with E-state index < -0.39 is 0 Å². The van der Waals surface area contributed by atoms with Crippen LogP contribution in [-0.4, -0.2) is 6.08 Å². The molecule has 0 saturated carbocycles. The molecule has 0 aliphatic rings. The van der Waals surface area contributed by atoms with E-state index in [1.807, 2.05) is 37.3 Å². The van der Waals surface area contributed by atoms with Crippen molar-refractivity contribution in [1.82, 2.24) is 0 Å². The largest absolute Gasteiger partial charge is 0.235 e. The van der Waals surface area contributed by atoms with Crippen LogP contribution in [0.5, 0.6) is 0 Å². The molecule has 1 aromatic rings. The molecule has 0 radical (unpaired) electrons. The highest BCUT2D eigenvalue weighted by Crippen LogP contribution is 2.14. The molecule has 1 rings (SSSR count). The number of nitrogens with zero attached hydrogens (tertiary/aromatic N) is 1. The highest BCUT2D eigenvalue weighted by molar-refractivity contribution is 5.35. The molecule has 56 valence electrons. The maximum absolute atomic E-state index is 9.90. The van der Waals surface area contributed by atoms with Gasteiger partial charge in [-0.1, -0.05) is 30.3 Å². The Morgan fingerprint density at radius 3 is 2.55 bits per heavy atom. The van der Waals surface area contributed by atoms with Gasteiger partial charge in [0.25, 0.3) is 0 Å². The molecule has 11 heavy (non-hydrogen) atoms. The molecule has 0 aliphatic carbocycles. The van der Waals surface area contributed by atoms with Crippen LogP contribution in [0.15, 0.2) is 35.3 Å². The van der Waals surface area contributed by atoms with Gasteiger partial charge in [-0.25, -0.2) is 4.79 Å². The molecule has 2 nitrogen and oxygen atoms in total. The highest BCUT2D eigenvalue weighted by Gasteiger charge is 1.99. The Morgan fingerprint density at radius 1 is 1.36 bits per heavy atom. The molecule has 2 heteroatoms. The molecule has 0 aliphatic heterocycles. The number of carbonyl (C=O) groups excluding carboxylic acids is 1. The minimum atomic E-state index is -0.0753. The summed E-state index contributed by atoms with van der Waals surface area (Å²) in [4.78, 5) is 13.5. The van der Waals surface area contributed by atoms with E-state index >= 15 is 0 Å². The zero-order valence-corrected chi connectivity index (χ0v) is 6.32. The lowest BCUT2D eigenvalue weighted by Crippen LogP contribution is -1.86. The minimum Gasteiger partial charge on any atom is -0.211 e. The van der Waals surface area contributed by atoms with Gasteiger partial charge in [-0.3, -0.25) is 0 Å².